The minimum absolute atomic E-state index is 0.435. The maximum absolute atomic E-state index is 4.83. The van der Waals surface area contributed by atoms with Crippen LogP contribution in [0.1, 0.15) is 44.2 Å². The van der Waals surface area contributed by atoms with Crippen LogP contribution < -0.4 is 5.32 Å². The summed E-state index contributed by atoms with van der Waals surface area (Å²) in [5, 5.41) is 4.72. The zero-order chi connectivity index (χ0) is 13.8. The SMILES string of the molecule is CC1CCCC(CN=C2NC(c3ccccc3)CS2)C1. The van der Waals surface area contributed by atoms with Gasteiger partial charge in [-0.05, 0) is 30.2 Å². The molecule has 2 fully saturated rings. The summed E-state index contributed by atoms with van der Waals surface area (Å²) in [6, 6.07) is 11.1. The van der Waals surface area contributed by atoms with Gasteiger partial charge in [-0.2, -0.15) is 0 Å². The second-order valence-corrected chi connectivity index (χ2v) is 7.21. The molecular formula is C17H24N2S. The van der Waals surface area contributed by atoms with Gasteiger partial charge in [0, 0.05) is 12.3 Å². The summed E-state index contributed by atoms with van der Waals surface area (Å²) in [5.74, 6) is 2.81. The molecule has 3 rings (SSSR count). The van der Waals surface area contributed by atoms with Gasteiger partial charge in [0.05, 0.1) is 6.04 Å². The third-order valence-electron chi connectivity index (χ3n) is 4.42. The number of hydrogen-bond acceptors (Lipinski definition) is 2. The minimum Gasteiger partial charge on any atom is -0.357 e. The van der Waals surface area contributed by atoms with Gasteiger partial charge >= 0.3 is 0 Å². The molecule has 1 saturated heterocycles. The molecule has 1 N–H and O–H groups in total. The lowest BCUT2D eigenvalue weighted by Gasteiger charge is -2.25. The molecule has 1 saturated carbocycles. The molecule has 20 heavy (non-hydrogen) atoms. The van der Waals surface area contributed by atoms with Crippen LogP contribution in [0.3, 0.4) is 0 Å². The smallest absolute Gasteiger partial charge is 0.157 e. The Morgan fingerprint density at radius 2 is 2.10 bits per heavy atom. The molecule has 108 valence electrons. The first-order valence-corrected chi connectivity index (χ1v) is 8.78. The Kier molecular flexibility index (Phi) is 4.66. The van der Waals surface area contributed by atoms with E-state index in [-0.39, 0.29) is 0 Å². The van der Waals surface area contributed by atoms with Crippen molar-refractivity contribution in [1.29, 1.82) is 0 Å². The highest BCUT2D eigenvalue weighted by Gasteiger charge is 2.23. The van der Waals surface area contributed by atoms with Crippen LogP contribution in [-0.4, -0.2) is 17.5 Å². The molecule has 1 aliphatic carbocycles. The number of rotatable bonds is 3. The Bertz CT molecular complexity index is 457. The molecule has 0 amide bonds. The molecule has 1 heterocycles. The number of benzene rings is 1. The molecule has 0 aromatic heterocycles. The van der Waals surface area contributed by atoms with E-state index in [1.807, 2.05) is 11.8 Å². The molecule has 0 spiro atoms. The summed E-state index contributed by atoms with van der Waals surface area (Å²) in [5.41, 5.74) is 1.37. The normalized spacial score (nSPS) is 32.2. The first-order valence-electron chi connectivity index (χ1n) is 7.80. The van der Waals surface area contributed by atoms with Crippen molar-refractivity contribution in [2.24, 2.45) is 16.8 Å². The summed E-state index contributed by atoms with van der Waals surface area (Å²) in [7, 11) is 0. The predicted octanol–water partition coefficient (Wildman–Crippen LogP) is 4.25. The van der Waals surface area contributed by atoms with E-state index in [9.17, 15) is 0 Å². The van der Waals surface area contributed by atoms with E-state index in [1.54, 1.807) is 0 Å². The average molecular weight is 288 g/mol. The lowest BCUT2D eigenvalue weighted by Crippen LogP contribution is -2.21. The van der Waals surface area contributed by atoms with Crippen molar-refractivity contribution in [2.75, 3.05) is 12.3 Å². The Labute approximate surface area is 126 Å². The Balaban J connectivity index is 1.53. The summed E-state index contributed by atoms with van der Waals surface area (Å²) in [6.07, 6.45) is 5.54. The summed E-state index contributed by atoms with van der Waals surface area (Å²) < 4.78 is 0. The van der Waals surface area contributed by atoms with Crippen molar-refractivity contribution in [1.82, 2.24) is 5.32 Å². The van der Waals surface area contributed by atoms with Gasteiger partial charge in [0.2, 0.25) is 0 Å². The number of hydrogen-bond donors (Lipinski definition) is 1. The Morgan fingerprint density at radius 1 is 1.25 bits per heavy atom. The van der Waals surface area contributed by atoms with Gasteiger partial charge in [0.25, 0.3) is 0 Å². The number of amidine groups is 1. The van der Waals surface area contributed by atoms with E-state index in [4.69, 9.17) is 4.99 Å². The summed E-state index contributed by atoms with van der Waals surface area (Å²) in [6.45, 7) is 3.40. The number of thioether (sulfide) groups is 1. The van der Waals surface area contributed by atoms with Crippen LogP contribution >= 0.6 is 11.8 Å². The van der Waals surface area contributed by atoms with Crippen molar-refractivity contribution in [2.45, 2.75) is 38.6 Å². The zero-order valence-electron chi connectivity index (χ0n) is 12.2. The lowest BCUT2D eigenvalue weighted by atomic mass is 9.82. The molecule has 2 aliphatic rings. The van der Waals surface area contributed by atoms with Gasteiger partial charge in [0.15, 0.2) is 5.17 Å². The lowest BCUT2D eigenvalue weighted by molar-refractivity contribution is 0.289. The quantitative estimate of drug-likeness (QED) is 0.899. The molecule has 0 radical (unpaired) electrons. The first-order chi connectivity index (χ1) is 9.81. The van der Waals surface area contributed by atoms with Gasteiger partial charge in [-0.15, -0.1) is 0 Å². The van der Waals surface area contributed by atoms with Crippen molar-refractivity contribution < 1.29 is 0 Å². The van der Waals surface area contributed by atoms with E-state index in [0.717, 1.165) is 29.3 Å². The third-order valence-corrected chi connectivity index (χ3v) is 5.44. The highest BCUT2D eigenvalue weighted by molar-refractivity contribution is 8.14. The van der Waals surface area contributed by atoms with E-state index < -0.39 is 0 Å². The maximum atomic E-state index is 4.83. The molecule has 0 bridgehead atoms. The molecule has 1 aliphatic heterocycles. The van der Waals surface area contributed by atoms with Crippen LogP contribution in [0.25, 0.3) is 0 Å². The molecular weight excluding hydrogens is 264 g/mol. The number of nitrogens with one attached hydrogen (secondary N) is 1. The van der Waals surface area contributed by atoms with E-state index in [2.05, 4.69) is 42.6 Å². The van der Waals surface area contributed by atoms with Crippen LogP contribution in [0.15, 0.2) is 35.3 Å². The molecule has 1 aromatic rings. The average Bonchev–Trinajstić information content (AvgIpc) is 2.95. The molecule has 2 nitrogen and oxygen atoms in total. The van der Waals surface area contributed by atoms with Crippen LogP contribution in [-0.2, 0) is 0 Å². The summed E-state index contributed by atoms with van der Waals surface area (Å²) in [4.78, 5) is 4.83. The van der Waals surface area contributed by atoms with Gasteiger partial charge in [-0.25, -0.2) is 0 Å². The van der Waals surface area contributed by atoms with Crippen LogP contribution in [0, 0.1) is 11.8 Å². The standard InChI is InChI=1S/C17H24N2S/c1-13-6-5-7-14(10-13)11-18-17-19-16(12-20-17)15-8-3-2-4-9-15/h2-4,8-9,13-14,16H,5-7,10-12H2,1H3,(H,18,19). The van der Waals surface area contributed by atoms with Gasteiger partial charge in [0.1, 0.15) is 0 Å². The Morgan fingerprint density at radius 3 is 2.90 bits per heavy atom. The van der Waals surface area contributed by atoms with Gasteiger partial charge in [-0.1, -0.05) is 61.9 Å². The monoisotopic (exact) mass is 288 g/mol. The number of aliphatic imine (C=N–C) groups is 1. The van der Waals surface area contributed by atoms with Crippen LogP contribution in [0.5, 0.6) is 0 Å². The Hall–Kier alpha value is -0.960. The molecule has 3 atom stereocenters. The van der Waals surface area contributed by atoms with Gasteiger partial charge < -0.3 is 5.32 Å². The molecule has 3 heteroatoms. The minimum atomic E-state index is 0.435. The van der Waals surface area contributed by atoms with Crippen LogP contribution in [0.2, 0.25) is 0 Å². The fourth-order valence-electron chi connectivity index (χ4n) is 3.29. The molecule has 3 unspecified atom stereocenters. The maximum Gasteiger partial charge on any atom is 0.157 e. The number of nitrogens with zero attached hydrogens (tertiary/aromatic N) is 1. The highest BCUT2D eigenvalue weighted by atomic mass is 32.2. The largest absolute Gasteiger partial charge is 0.357 e. The van der Waals surface area contributed by atoms with Crippen molar-refractivity contribution in [3.8, 4) is 0 Å². The van der Waals surface area contributed by atoms with E-state index >= 15 is 0 Å². The van der Waals surface area contributed by atoms with Crippen molar-refractivity contribution in [3.63, 3.8) is 0 Å². The van der Waals surface area contributed by atoms with Crippen LogP contribution in [0.4, 0.5) is 0 Å². The first kappa shape index (κ1) is 14.0. The second-order valence-electron chi connectivity index (χ2n) is 6.20. The third kappa shape index (κ3) is 3.57. The fourth-order valence-corrected chi connectivity index (χ4v) is 4.28. The topological polar surface area (TPSA) is 24.4 Å². The van der Waals surface area contributed by atoms with Crippen molar-refractivity contribution >= 4 is 16.9 Å². The fraction of sp³-hybridized carbons (Fsp3) is 0.588. The molecule has 1 aromatic carbocycles. The second kappa shape index (κ2) is 6.66. The summed E-state index contributed by atoms with van der Waals surface area (Å²) >= 11 is 1.87. The van der Waals surface area contributed by atoms with Gasteiger partial charge in [-0.3, -0.25) is 4.99 Å². The van der Waals surface area contributed by atoms with E-state index in [0.29, 0.717) is 6.04 Å². The van der Waals surface area contributed by atoms with E-state index in [1.165, 1.54) is 31.2 Å². The van der Waals surface area contributed by atoms with Crippen molar-refractivity contribution in [3.05, 3.63) is 35.9 Å². The highest BCUT2D eigenvalue weighted by Crippen LogP contribution is 2.30. The predicted molar refractivity (Wildman–Crippen MR) is 88.2 cm³/mol. The zero-order valence-corrected chi connectivity index (χ0v) is 13.0.